The molecule has 0 aliphatic rings. The predicted octanol–water partition coefficient (Wildman–Crippen LogP) is 4.35. The number of aromatic nitrogens is 1. The van der Waals surface area contributed by atoms with Gasteiger partial charge in [0, 0.05) is 12.4 Å². The number of benzene rings is 1. The zero-order chi connectivity index (χ0) is 15.2. The minimum atomic E-state index is 0.252. The van der Waals surface area contributed by atoms with Gasteiger partial charge >= 0.3 is 0 Å². The van der Waals surface area contributed by atoms with Crippen LogP contribution in [0.5, 0.6) is 0 Å². The van der Waals surface area contributed by atoms with E-state index < -0.39 is 0 Å². The molecular weight excluding hydrogens is 256 g/mol. The second kappa shape index (κ2) is 7.37. The van der Waals surface area contributed by atoms with Crippen molar-refractivity contribution in [2.24, 2.45) is 0 Å². The van der Waals surface area contributed by atoms with Crippen molar-refractivity contribution in [2.75, 3.05) is 6.54 Å². The van der Waals surface area contributed by atoms with Crippen LogP contribution >= 0.6 is 0 Å². The van der Waals surface area contributed by atoms with E-state index in [1.54, 1.807) is 0 Å². The monoisotopic (exact) mass is 282 g/mol. The van der Waals surface area contributed by atoms with Gasteiger partial charge in [-0.2, -0.15) is 0 Å². The molecular formula is C19H26N2. The first-order chi connectivity index (χ1) is 10.2. The van der Waals surface area contributed by atoms with Gasteiger partial charge in [-0.15, -0.1) is 0 Å². The third-order valence-corrected chi connectivity index (χ3v) is 4.10. The Hall–Kier alpha value is -1.67. The third kappa shape index (κ3) is 3.70. The van der Waals surface area contributed by atoms with Gasteiger partial charge in [0.2, 0.25) is 0 Å². The molecule has 0 saturated carbocycles. The molecule has 21 heavy (non-hydrogen) atoms. The van der Waals surface area contributed by atoms with Crippen molar-refractivity contribution in [1.82, 2.24) is 10.3 Å². The summed E-state index contributed by atoms with van der Waals surface area (Å²) in [4.78, 5) is 4.28. The van der Waals surface area contributed by atoms with E-state index in [1.165, 1.54) is 27.8 Å². The average Bonchev–Trinajstić information content (AvgIpc) is 2.51. The van der Waals surface area contributed by atoms with Crippen molar-refractivity contribution in [3.63, 3.8) is 0 Å². The Kier molecular flexibility index (Phi) is 5.51. The van der Waals surface area contributed by atoms with Crippen LogP contribution in [0, 0.1) is 13.8 Å². The van der Waals surface area contributed by atoms with Crippen LogP contribution in [0.2, 0.25) is 0 Å². The zero-order valence-corrected chi connectivity index (χ0v) is 13.6. The van der Waals surface area contributed by atoms with Crippen LogP contribution in [0.1, 0.15) is 54.1 Å². The lowest BCUT2D eigenvalue weighted by molar-refractivity contribution is 0.593. The van der Waals surface area contributed by atoms with Gasteiger partial charge in [0.25, 0.3) is 0 Å². The van der Waals surface area contributed by atoms with Crippen molar-refractivity contribution in [2.45, 2.75) is 46.6 Å². The Labute approximate surface area is 128 Å². The van der Waals surface area contributed by atoms with Gasteiger partial charge in [0.1, 0.15) is 0 Å². The molecule has 2 aromatic rings. The standard InChI is InChI=1S/C19H26N2/c1-5-10-21-19(17-8-7-14(3)15(4)12-17)18-9-11-20-13-16(18)6-2/h7-9,11-13,19,21H,5-6,10H2,1-4H3. The Morgan fingerprint density at radius 3 is 2.57 bits per heavy atom. The molecule has 0 saturated heterocycles. The summed E-state index contributed by atoms with van der Waals surface area (Å²) in [5.74, 6) is 0. The smallest absolute Gasteiger partial charge is 0.0580 e. The van der Waals surface area contributed by atoms with Crippen molar-refractivity contribution in [3.05, 3.63) is 64.5 Å². The van der Waals surface area contributed by atoms with Crippen molar-refractivity contribution < 1.29 is 0 Å². The normalized spacial score (nSPS) is 12.4. The molecule has 1 atom stereocenters. The van der Waals surface area contributed by atoms with E-state index in [9.17, 15) is 0 Å². The largest absolute Gasteiger partial charge is 0.306 e. The van der Waals surface area contributed by atoms with Crippen LogP contribution in [0.25, 0.3) is 0 Å². The number of nitrogens with one attached hydrogen (secondary N) is 1. The molecule has 0 fully saturated rings. The summed E-state index contributed by atoms with van der Waals surface area (Å²) in [6, 6.07) is 9.18. The van der Waals surface area contributed by atoms with E-state index >= 15 is 0 Å². The van der Waals surface area contributed by atoms with Crippen LogP contribution in [0.4, 0.5) is 0 Å². The minimum Gasteiger partial charge on any atom is -0.306 e. The maximum Gasteiger partial charge on any atom is 0.0580 e. The van der Waals surface area contributed by atoms with Crippen molar-refractivity contribution >= 4 is 0 Å². The molecule has 2 heteroatoms. The van der Waals surface area contributed by atoms with E-state index in [0.29, 0.717) is 0 Å². The molecule has 1 aromatic heterocycles. The molecule has 1 aromatic carbocycles. The highest BCUT2D eigenvalue weighted by Crippen LogP contribution is 2.26. The molecule has 0 bridgehead atoms. The van der Waals surface area contributed by atoms with Crippen LogP contribution in [-0.4, -0.2) is 11.5 Å². The Bertz CT molecular complexity index is 590. The van der Waals surface area contributed by atoms with Gasteiger partial charge in [-0.3, -0.25) is 4.98 Å². The quantitative estimate of drug-likeness (QED) is 0.852. The first kappa shape index (κ1) is 15.7. The zero-order valence-electron chi connectivity index (χ0n) is 13.6. The number of nitrogens with zero attached hydrogens (tertiary/aromatic N) is 1. The molecule has 2 nitrogen and oxygen atoms in total. The topological polar surface area (TPSA) is 24.9 Å². The third-order valence-electron chi connectivity index (χ3n) is 4.10. The minimum absolute atomic E-state index is 0.252. The number of rotatable bonds is 6. The molecule has 0 aliphatic carbocycles. The highest BCUT2D eigenvalue weighted by Gasteiger charge is 2.16. The number of hydrogen-bond donors (Lipinski definition) is 1. The summed E-state index contributed by atoms with van der Waals surface area (Å²) in [5.41, 5.74) is 6.71. The Morgan fingerprint density at radius 1 is 1.10 bits per heavy atom. The first-order valence-corrected chi connectivity index (χ1v) is 7.90. The molecule has 0 amide bonds. The SMILES string of the molecule is CCCNC(c1ccc(C)c(C)c1)c1ccncc1CC. The molecule has 1 heterocycles. The lowest BCUT2D eigenvalue weighted by atomic mass is 9.92. The molecule has 2 rings (SSSR count). The molecule has 1 N–H and O–H groups in total. The van der Waals surface area contributed by atoms with E-state index in [4.69, 9.17) is 0 Å². The Balaban J connectivity index is 2.44. The molecule has 0 radical (unpaired) electrons. The summed E-state index contributed by atoms with van der Waals surface area (Å²) in [6.45, 7) is 9.76. The van der Waals surface area contributed by atoms with Gasteiger partial charge < -0.3 is 5.32 Å². The second-order valence-corrected chi connectivity index (χ2v) is 5.66. The highest BCUT2D eigenvalue weighted by molar-refractivity contribution is 5.39. The van der Waals surface area contributed by atoms with Gasteiger partial charge in [-0.05, 0) is 67.1 Å². The maximum absolute atomic E-state index is 4.28. The van der Waals surface area contributed by atoms with Crippen molar-refractivity contribution in [3.8, 4) is 0 Å². The lowest BCUT2D eigenvalue weighted by Crippen LogP contribution is -2.24. The molecule has 0 spiro atoms. The maximum atomic E-state index is 4.28. The number of hydrogen-bond acceptors (Lipinski definition) is 2. The fourth-order valence-electron chi connectivity index (χ4n) is 2.66. The predicted molar refractivity (Wildman–Crippen MR) is 89.7 cm³/mol. The molecule has 1 unspecified atom stereocenters. The van der Waals surface area contributed by atoms with Gasteiger partial charge in [0.15, 0.2) is 0 Å². The van der Waals surface area contributed by atoms with Gasteiger partial charge in [-0.1, -0.05) is 32.0 Å². The fraction of sp³-hybridized carbons (Fsp3) is 0.421. The van der Waals surface area contributed by atoms with Gasteiger partial charge in [-0.25, -0.2) is 0 Å². The van der Waals surface area contributed by atoms with Crippen molar-refractivity contribution in [1.29, 1.82) is 0 Å². The second-order valence-electron chi connectivity index (χ2n) is 5.66. The average molecular weight is 282 g/mol. The Morgan fingerprint density at radius 2 is 1.90 bits per heavy atom. The van der Waals surface area contributed by atoms with Crippen LogP contribution < -0.4 is 5.32 Å². The summed E-state index contributed by atoms with van der Waals surface area (Å²) in [6.07, 6.45) is 6.04. The van der Waals surface area contributed by atoms with Gasteiger partial charge in [0.05, 0.1) is 6.04 Å². The highest BCUT2D eigenvalue weighted by atomic mass is 14.9. The number of aryl methyl sites for hydroxylation is 3. The van der Waals surface area contributed by atoms with E-state index in [1.807, 2.05) is 12.4 Å². The fourth-order valence-corrected chi connectivity index (χ4v) is 2.66. The van der Waals surface area contributed by atoms with E-state index in [-0.39, 0.29) is 6.04 Å². The summed E-state index contributed by atoms with van der Waals surface area (Å²) in [7, 11) is 0. The molecule has 0 aliphatic heterocycles. The van der Waals surface area contributed by atoms with Crippen LogP contribution in [-0.2, 0) is 6.42 Å². The van der Waals surface area contributed by atoms with E-state index in [2.05, 4.69) is 62.3 Å². The molecule has 112 valence electrons. The lowest BCUT2D eigenvalue weighted by Gasteiger charge is -2.22. The summed E-state index contributed by atoms with van der Waals surface area (Å²) < 4.78 is 0. The van der Waals surface area contributed by atoms with Crippen LogP contribution in [0.15, 0.2) is 36.7 Å². The van der Waals surface area contributed by atoms with E-state index in [0.717, 1.165) is 19.4 Å². The van der Waals surface area contributed by atoms with Crippen LogP contribution in [0.3, 0.4) is 0 Å². The summed E-state index contributed by atoms with van der Waals surface area (Å²) in [5, 5.41) is 3.70. The number of pyridine rings is 1. The summed E-state index contributed by atoms with van der Waals surface area (Å²) >= 11 is 0. The first-order valence-electron chi connectivity index (χ1n) is 7.90.